The van der Waals surface area contributed by atoms with E-state index in [0.29, 0.717) is 25.4 Å². The maximum atomic E-state index is 12.7. The van der Waals surface area contributed by atoms with E-state index < -0.39 is 0 Å². The number of rotatable bonds is 2. The van der Waals surface area contributed by atoms with E-state index in [-0.39, 0.29) is 5.91 Å². The molecule has 0 N–H and O–H groups in total. The van der Waals surface area contributed by atoms with Gasteiger partial charge in [-0.1, -0.05) is 0 Å². The minimum absolute atomic E-state index is 0.0216. The SMILES string of the molecule is CN(C)c1ccc2c(c1)CN(C(=O)c1ccnn1C)CCO2. The zero-order chi connectivity index (χ0) is 15.7. The molecule has 3 rings (SSSR count). The van der Waals surface area contributed by atoms with Gasteiger partial charge >= 0.3 is 0 Å². The Balaban J connectivity index is 1.89. The van der Waals surface area contributed by atoms with Crippen LogP contribution in [0.2, 0.25) is 0 Å². The van der Waals surface area contributed by atoms with Crippen LogP contribution < -0.4 is 9.64 Å². The van der Waals surface area contributed by atoms with Crippen LogP contribution in [0.25, 0.3) is 0 Å². The molecule has 1 amide bonds. The molecule has 1 aromatic heterocycles. The van der Waals surface area contributed by atoms with Gasteiger partial charge in [0.1, 0.15) is 18.1 Å². The summed E-state index contributed by atoms with van der Waals surface area (Å²) in [7, 11) is 5.77. The number of anilines is 1. The largest absolute Gasteiger partial charge is 0.491 e. The minimum atomic E-state index is -0.0216. The Morgan fingerprint density at radius 2 is 2.14 bits per heavy atom. The van der Waals surface area contributed by atoms with E-state index >= 15 is 0 Å². The van der Waals surface area contributed by atoms with E-state index in [9.17, 15) is 4.79 Å². The number of fused-ring (bicyclic) bond motifs is 1. The summed E-state index contributed by atoms with van der Waals surface area (Å²) in [5.74, 6) is 0.831. The molecule has 1 aliphatic heterocycles. The van der Waals surface area contributed by atoms with E-state index in [1.54, 1.807) is 24.0 Å². The minimum Gasteiger partial charge on any atom is -0.491 e. The van der Waals surface area contributed by atoms with Crippen LogP contribution in [0.4, 0.5) is 5.69 Å². The molecule has 22 heavy (non-hydrogen) atoms. The third-order valence-corrected chi connectivity index (χ3v) is 3.87. The van der Waals surface area contributed by atoms with Crippen molar-refractivity contribution in [1.29, 1.82) is 0 Å². The molecule has 0 saturated heterocycles. The highest BCUT2D eigenvalue weighted by atomic mass is 16.5. The molecule has 6 heteroatoms. The molecule has 1 aliphatic rings. The van der Waals surface area contributed by atoms with E-state index in [1.165, 1.54) is 0 Å². The lowest BCUT2D eigenvalue weighted by atomic mass is 10.1. The second-order valence-corrected chi connectivity index (χ2v) is 5.60. The Morgan fingerprint density at radius 1 is 1.32 bits per heavy atom. The first-order valence-corrected chi connectivity index (χ1v) is 7.26. The number of carbonyl (C=O) groups excluding carboxylic acids is 1. The van der Waals surface area contributed by atoms with Gasteiger partial charge in [0.05, 0.1) is 6.54 Å². The van der Waals surface area contributed by atoms with Gasteiger partial charge in [-0.05, 0) is 24.3 Å². The van der Waals surface area contributed by atoms with Gasteiger partial charge in [-0.2, -0.15) is 5.10 Å². The third-order valence-electron chi connectivity index (χ3n) is 3.87. The van der Waals surface area contributed by atoms with Crippen LogP contribution in [0.5, 0.6) is 5.75 Å². The van der Waals surface area contributed by atoms with Gasteiger partial charge in [-0.3, -0.25) is 9.48 Å². The van der Waals surface area contributed by atoms with Gasteiger partial charge < -0.3 is 14.5 Å². The number of benzene rings is 1. The Hall–Kier alpha value is -2.50. The molecule has 0 unspecified atom stereocenters. The molecule has 0 radical (unpaired) electrons. The Labute approximate surface area is 129 Å². The lowest BCUT2D eigenvalue weighted by molar-refractivity contribution is 0.0722. The van der Waals surface area contributed by atoms with Crippen LogP contribution >= 0.6 is 0 Å². The molecule has 0 atom stereocenters. The smallest absolute Gasteiger partial charge is 0.272 e. The predicted molar refractivity (Wildman–Crippen MR) is 84.2 cm³/mol. The van der Waals surface area contributed by atoms with Crippen molar-refractivity contribution in [2.24, 2.45) is 7.05 Å². The van der Waals surface area contributed by atoms with Crippen molar-refractivity contribution < 1.29 is 9.53 Å². The number of hydrogen-bond donors (Lipinski definition) is 0. The van der Waals surface area contributed by atoms with Gasteiger partial charge in [-0.15, -0.1) is 0 Å². The summed E-state index contributed by atoms with van der Waals surface area (Å²) in [5.41, 5.74) is 2.71. The highest BCUT2D eigenvalue weighted by Gasteiger charge is 2.23. The van der Waals surface area contributed by atoms with Crippen LogP contribution in [-0.4, -0.2) is 47.8 Å². The Morgan fingerprint density at radius 3 is 2.82 bits per heavy atom. The van der Waals surface area contributed by atoms with Gasteiger partial charge in [0, 0.05) is 45.1 Å². The third kappa shape index (κ3) is 2.64. The molecule has 0 fully saturated rings. The number of amides is 1. The number of aromatic nitrogens is 2. The molecule has 116 valence electrons. The van der Waals surface area contributed by atoms with Crippen LogP contribution in [0.15, 0.2) is 30.5 Å². The first-order valence-electron chi connectivity index (χ1n) is 7.26. The monoisotopic (exact) mass is 300 g/mol. The van der Waals surface area contributed by atoms with Crippen molar-refractivity contribution in [2.75, 3.05) is 32.1 Å². The van der Waals surface area contributed by atoms with Crippen molar-refractivity contribution >= 4 is 11.6 Å². The normalized spacial score (nSPS) is 14.0. The molecule has 1 aromatic carbocycles. The van der Waals surface area contributed by atoms with E-state index in [2.05, 4.69) is 11.2 Å². The lowest BCUT2D eigenvalue weighted by Gasteiger charge is -2.20. The molecule has 2 heterocycles. The summed E-state index contributed by atoms with van der Waals surface area (Å²) in [6.45, 7) is 1.61. The number of hydrogen-bond acceptors (Lipinski definition) is 4. The molecule has 0 aliphatic carbocycles. The maximum absolute atomic E-state index is 12.7. The molecule has 0 saturated carbocycles. The first kappa shape index (κ1) is 14.4. The van der Waals surface area contributed by atoms with E-state index in [4.69, 9.17) is 4.74 Å². The fraction of sp³-hybridized carbons (Fsp3) is 0.375. The number of nitrogens with zero attached hydrogens (tertiary/aromatic N) is 4. The summed E-state index contributed by atoms with van der Waals surface area (Å²) < 4.78 is 7.38. The standard InChI is InChI=1S/C16H20N4O2/c1-18(2)13-4-5-15-12(10-13)11-20(8-9-22-15)16(21)14-6-7-17-19(14)3/h4-7,10H,8-9,11H2,1-3H3. The number of carbonyl (C=O) groups is 1. The Kier molecular flexibility index (Phi) is 3.75. The molecule has 2 aromatic rings. The highest BCUT2D eigenvalue weighted by molar-refractivity contribution is 5.92. The molecule has 0 bridgehead atoms. The number of ether oxygens (including phenoxy) is 1. The predicted octanol–water partition coefficient (Wildman–Crippen LogP) is 1.52. The van der Waals surface area contributed by atoms with Crippen molar-refractivity contribution in [3.8, 4) is 5.75 Å². The van der Waals surface area contributed by atoms with Crippen LogP contribution in [-0.2, 0) is 13.6 Å². The summed E-state index contributed by atoms with van der Waals surface area (Å²) in [4.78, 5) is 16.5. The maximum Gasteiger partial charge on any atom is 0.272 e. The van der Waals surface area contributed by atoms with Crippen molar-refractivity contribution in [1.82, 2.24) is 14.7 Å². The second kappa shape index (κ2) is 5.71. The van der Waals surface area contributed by atoms with E-state index in [0.717, 1.165) is 17.0 Å². The molecular formula is C16H20N4O2. The molecular weight excluding hydrogens is 280 g/mol. The summed E-state index contributed by atoms with van der Waals surface area (Å²) in [6.07, 6.45) is 1.64. The van der Waals surface area contributed by atoms with Gasteiger partial charge in [0.15, 0.2) is 0 Å². The van der Waals surface area contributed by atoms with Crippen LogP contribution in [0.1, 0.15) is 16.1 Å². The second-order valence-electron chi connectivity index (χ2n) is 5.60. The average molecular weight is 300 g/mol. The zero-order valence-corrected chi connectivity index (χ0v) is 13.1. The van der Waals surface area contributed by atoms with Crippen LogP contribution in [0.3, 0.4) is 0 Å². The van der Waals surface area contributed by atoms with Crippen molar-refractivity contribution in [3.05, 3.63) is 41.7 Å². The van der Waals surface area contributed by atoms with Gasteiger partial charge in [0.25, 0.3) is 5.91 Å². The first-order chi connectivity index (χ1) is 10.6. The summed E-state index contributed by atoms with van der Waals surface area (Å²) in [6, 6.07) is 7.82. The number of aryl methyl sites for hydroxylation is 1. The van der Waals surface area contributed by atoms with E-state index in [1.807, 2.05) is 36.0 Å². The van der Waals surface area contributed by atoms with Crippen molar-refractivity contribution in [3.63, 3.8) is 0 Å². The van der Waals surface area contributed by atoms with Gasteiger partial charge in [0.2, 0.25) is 0 Å². The molecule has 0 spiro atoms. The van der Waals surface area contributed by atoms with Crippen molar-refractivity contribution in [2.45, 2.75) is 6.54 Å². The fourth-order valence-electron chi connectivity index (χ4n) is 2.58. The van der Waals surface area contributed by atoms with Gasteiger partial charge in [-0.25, -0.2) is 0 Å². The molecule has 6 nitrogen and oxygen atoms in total. The van der Waals surface area contributed by atoms with Crippen LogP contribution in [0, 0.1) is 0 Å². The summed E-state index contributed by atoms with van der Waals surface area (Å²) in [5, 5.41) is 4.07. The Bertz CT molecular complexity index is 693. The quantitative estimate of drug-likeness (QED) is 0.844. The summed E-state index contributed by atoms with van der Waals surface area (Å²) >= 11 is 0. The average Bonchev–Trinajstić information content (AvgIpc) is 2.81. The topological polar surface area (TPSA) is 50.6 Å². The lowest BCUT2D eigenvalue weighted by Crippen LogP contribution is -2.33. The fourth-order valence-corrected chi connectivity index (χ4v) is 2.58. The highest BCUT2D eigenvalue weighted by Crippen LogP contribution is 2.28. The zero-order valence-electron chi connectivity index (χ0n) is 13.1.